The average molecular weight is 366 g/mol. The molecule has 1 aromatic rings. The van der Waals surface area contributed by atoms with Gasteiger partial charge in [0, 0.05) is 19.0 Å². The fourth-order valence-corrected chi connectivity index (χ4v) is 1.76. The van der Waals surface area contributed by atoms with Crippen LogP contribution in [-0.4, -0.2) is 44.1 Å². The number of anilines is 1. The topological polar surface area (TPSA) is 67.6 Å². The van der Waals surface area contributed by atoms with Crippen LogP contribution in [0, 0.1) is 6.92 Å². The summed E-state index contributed by atoms with van der Waals surface area (Å²) in [6.07, 6.45) is 1.09. The number of rotatable bonds is 8. The molecule has 0 fully saturated rings. The smallest absolute Gasteiger partial charge is 0.224 e. The van der Waals surface area contributed by atoms with Crippen LogP contribution in [0.5, 0.6) is 5.75 Å². The molecular weight excluding hydrogens is 337 g/mol. The monoisotopic (exact) mass is 365 g/mol. The number of nitrogens with two attached hydrogens (primary N) is 1. The van der Waals surface area contributed by atoms with Gasteiger partial charge in [0.1, 0.15) is 12.4 Å². The van der Waals surface area contributed by atoms with E-state index in [2.05, 4.69) is 10.2 Å². The second-order valence-corrected chi connectivity index (χ2v) is 5.72. The summed E-state index contributed by atoms with van der Waals surface area (Å²) in [5, 5.41) is 2.90. The van der Waals surface area contributed by atoms with Gasteiger partial charge in [0.25, 0.3) is 0 Å². The Labute approximate surface area is 151 Å². The lowest BCUT2D eigenvalue weighted by Crippen LogP contribution is -2.21. The Morgan fingerprint density at radius 1 is 1.35 bits per heavy atom. The lowest BCUT2D eigenvalue weighted by atomic mass is 10.1. The molecule has 0 radical (unpaired) electrons. The number of carbonyl (C=O) groups is 1. The molecule has 1 atom stereocenters. The quantitative estimate of drug-likeness (QED) is 0.743. The van der Waals surface area contributed by atoms with Gasteiger partial charge >= 0.3 is 0 Å². The molecule has 0 spiro atoms. The minimum absolute atomic E-state index is 0. The highest BCUT2D eigenvalue weighted by atomic mass is 35.5. The first-order valence-corrected chi connectivity index (χ1v) is 7.32. The van der Waals surface area contributed by atoms with Crippen LogP contribution in [0.3, 0.4) is 0 Å². The average Bonchev–Trinajstić information content (AvgIpc) is 2.39. The number of benzene rings is 1. The molecule has 1 rings (SSSR count). The highest BCUT2D eigenvalue weighted by molar-refractivity contribution is 5.92. The number of hydrogen-bond acceptors (Lipinski definition) is 4. The Kier molecular flexibility index (Phi) is 13.1. The first-order valence-electron chi connectivity index (χ1n) is 7.32. The zero-order chi connectivity index (χ0) is 15.8. The highest BCUT2D eigenvalue weighted by Crippen LogP contribution is 2.26. The Morgan fingerprint density at radius 3 is 2.57 bits per heavy atom. The zero-order valence-corrected chi connectivity index (χ0v) is 15.9. The molecule has 0 aliphatic rings. The van der Waals surface area contributed by atoms with Crippen molar-refractivity contribution in [1.29, 1.82) is 0 Å². The maximum absolute atomic E-state index is 11.9. The van der Waals surface area contributed by atoms with Gasteiger partial charge in [0.15, 0.2) is 0 Å². The number of likely N-dealkylation sites (N-methyl/N-ethyl adjacent to an activating group) is 1. The first kappa shape index (κ1) is 24.2. The lowest BCUT2D eigenvalue weighted by molar-refractivity contribution is -0.116. The third-order valence-corrected chi connectivity index (χ3v) is 3.03. The van der Waals surface area contributed by atoms with Crippen molar-refractivity contribution in [2.45, 2.75) is 32.7 Å². The molecule has 0 aliphatic carbocycles. The molecule has 0 aromatic heterocycles. The fourth-order valence-electron chi connectivity index (χ4n) is 1.76. The number of halogens is 2. The molecule has 0 heterocycles. The molecule has 0 saturated heterocycles. The maximum Gasteiger partial charge on any atom is 0.224 e. The molecule has 1 unspecified atom stereocenters. The van der Waals surface area contributed by atoms with Crippen LogP contribution in [0.4, 0.5) is 5.69 Å². The van der Waals surface area contributed by atoms with Crippen LogP contribution >= 0.6 is 24.8 Å². The van der Waals surface area contributed by atoms with Gasteiger partial charge in [0.2, 0.25) is 5.91 Å². The van der Waals surface area contributed by atoms with E-state index in [4.69, 9.17) is 10.5 Å². The second-order valence-electron chi connectivity index (χ2n) is 5.72. The molecule has 7 heteroatoms. The highest BCUT2D eigenvalue weighted by Gasteiger charge is 2.09. The molecule has 1 aromatic carbocycles. The first-order chi connectivity index (χ1) is 9.88. The molecule has 1 amide bonds. The normalized spacial score (nSPS) is 11.2. The molecule has 0 aliphatic heterocycles. The second kappa shape index (κ2) is 12.4. The standard InChI is InChI=1S/C16H27N3O2.2ClH/c1-12-5-7-14(18-16(20)8-6-13(2)17)15(11-12)21-10-9-19(3)4;;/h5,7,11,13H,6,8-10,17H2,1-4H3,(H,18,20);2*1H. The molecule has 134 valence electrons. The van der Waals surface area contributed by atoms with E-state index in [9.17, 15) is 4.79 Å². The van der Waals surface area contributed by atoms with Gasteiger partial charge in [-0.2, -0.15) is 0 Å². The van der Waals surface area contributed by atoms with Crippen molar-refractivity contribution in [3.8, 4) is 5.75 Å². The molecule has 0 bridgehead atoms. The molecule has 0 saturated carbocycles. The summed E-state index contributed by atoms with van der Waals surface area (Å²) in [4.78, 5) is 14.0. The van der Waals surface area contributed by atoms with Gasteiger partial charge in [-0.1, -0.05) is 6.07 Å². The number of hydrogen-bond donors (Lipinski definition) is 2. The Balaban J connectivity index is 0. The molecule has 23 heavy (non-hydrogen) atoms. The van der Waals surface area contributed by atoms with Crippen molar-refractivity contribution in [1.82, 2.24) is 4.90 Å². The van der Waals surface area contributed by atoms with E-state index in [1.807, 2.05) is 46.1 Å². The maximum atomic E-state index is 11.9. The number of nitrogens with one attached hydrogen (secondary N) is 1. The van der Waals surface area contributed by atoms with Crippen molar-refractivity contribution in [3.05, 3.63) is 23.8 Å². The third-order valence-electron chi connectivity index (χ3n) is 3.03. The van der Waals surface area contributed by atoms with Gasteiger partial charge in [-0.05, 0) is 52.1 Å². The van der Waals surface area contributed by atoms with E-state index < -0.39 is 0 Å². The van der Waals surface area contributed by atoms with Crippen molar-refractivity contribution in [3.63, 3.8) is 0 Å². The van der Waals surface area contributed by atoms with Crippen LogP contribution < -0.4 is 15.8 Å². The Morgan fingerprint density at radius 2 is 2.00 bits per heavy atom. The van der Waals surface area contributed by atoms with Gasteiger partial charge < -0.3 is 20.7 Å². The minimum atomic E-state index is -0.0337. The van der Waals surface area contributed by atoms with E-state index in [0.717, 1.165) is 12.1 Å². The molecule has 5 nitrogen and oxygen atoms in total. The summed E-state index contributed by atoms with van der Waals surface area (Å²) < 4.78 is 5.77. The summed E-state index contributed by atoms with van der Waals surface area (Å²) in [6, 6.07) is 5.81. The number of amides is 1. The van der Waals surface area contributed by atoms with E-state index in [1.165, 1.54) is 0 Å². The van der Waals surface area contributed by atoms with Gasteiger partial charge in [-0.15, -0.1) is 24.8 Å². The summed E-state index contributed by atoms with van der Waals surface area (Å²) in [5.74, 6) is 0.680. The van der Waals surface area contributed by atoms with Gasteiger partial charge in [-0.3, -0.25) is 4.79 Å². The molecular formula is C16H29Cl2N3O2. The summed E-state index contributed by atoms with van der Waals surface area (Å²) in [6.45, 7) is 5.31. The van der Waals surface area contributed by atoms with Crippen molar-refractivity contribution in [2.24, 2.45) is 5.73 Å². The van der Waals surface area contributed by atoms with E-state index >= 15 is 0 Å². The van der Waals surface area contributed by atoms with Crippen molar-refractivity contribution < 1.29 is 9.53 Å². The molecule has 3 N–H and O–H groups in total. The number of aryl methyl sites for hydroxylation is 1. The third kappa shape index (κ3) is 10.4. The fraction of sp³-hybridized carbons (Fsp3) is 0.562. The largest absolute Gasteiger partial charge is 0.490 e. The zero-order valence-electron chi connectivity index (χ0n) is 14.3. The van der Waals surface area contributed by atoms with Gasteiger partial charge in [0.05, 0.1) is 5.69 Å². The van der Waals surface area contributed by atoms with Crippen molar-refractivity contribution >= 4 is 36.4 Å². The predicted molar refractivity (Wildman–Crippen MR) is 101 cm³/mol. The van der Waals surface area contributed by atoms with Crippen LogP contribution in [0.1, 0.15) is 25.3 Å². The SMILES string of the molecule is Cc1ccc(NC(=O)CCC(C)N)c(OCCN(C)C)c1.Cl.Cl. The number of carbonyl (C=O) groups excluding carboxylic acids is 1. The number of ether oxygens (including phenoxy) is 1. The van der Waals surface area contributed by atoms with Crippen LogP contribution in [-0.2, 0) is 4.79 Å². The van der Waals surface area contributed by atoms with E-state index in [1.54, 1.807) is 0 Å². The van der Waals surface area contributed by atoms with Crippen molar-refractivity contribution in [2.75, 3.05) is 32.6 Å². The summed E-state index contributed by atoms with van der Waals surface area (Å²) >= 11 is 0. The van der Waals surface area contributed by atoms with Gasteiger partial charge in [-0.25, -0.2) is 0 Å². The number of nitrogens with zero attached hydrogens (tertiary/aromatic N) is 1. The minimum Gasteiger partial charge on any atom is -0.490 e. The summed E-state index contributed by atoms with van der Waals surface area (Å²) in [7, 11) is 3.99. The van der Waals surface area contributed by atoms with E-state index in [0.29, 0.717) is 30.9 Å². The van der Waals surface area contributed by atoms with Crippen LogP contribution in [0.2, 0.25) is 0 Å². The summed E-state index contributed by atoms with van der Waals surface area (Å²) in [5.41, 5.74) is 7.49. The van der Waals surface area contributed by atoms with E-state index in [-0.39, 0.29) is 36.8 Å². The Bertz CT molecular complexity index is 469. The Hall–Kier alpha value is -1.01. The predicted octanol–water partition coefficient (Wildman–Crippen LogP) is 2.84. The van der Waals surface area contributed by atoms with Crippen LogP contribution in [0.25, 0.3) is 0 Å². The lowest BCUT2D eigenvalue weighted by Gasteiger charge is -2.15. The van der Waals surface area contributed by atoms with Crippen LogP contribution in [0.15, 0.2) is 18.2 Å².